The predicted molar refractivity (Wildman–Crippen MR) is 110 cm³/mol. The largest absolute Gasteiger partial charge is 0.484 e. The number of benzene rings is 3. The predicted octanol–water partition coefficient (Wildman–Crippen LogP) is 4.87. The second kappa shape index (κ2) is 8.57. The van der Waals surface area contributed by atoms with Crippen molar-refractivity contribution in [3.63, 3.8) is 0 Å². The van der Waals surface area contributed by atoms with Crippen molar-refractivity contribution in [1.82, 2.24) is 10.1 Å². The molecule has 0 bridgehead atoms. The van der Waals surface area contributed by atoms with Gasteiger partial charge in [-0.1, -0.05) is 35.0 Å². The summed E-state index contributed by atoms with van der Waals surface area (Å²) in [5.41, 5.74) is 3.14. The van der Waals surface area contributed by atoms with Crippen LogP contribution in [0.5, 0.6) is 5.75 Å². The molecule has 0 spiro atoms. The van der Waals surface area contributed by atoms with Crippen LogP contribution in [0.4, 0.5) is 10.1 Å². The molecule has 0 unspecified atom stereocenters. The van der Waals surface area contributed by atoms with Crippen LogP contribution < -0.4 is 10.1 Å². The molecule has 0 aliphatic carbocycles. The first kappa shape index (κ1) is 19.3. The van der Waals surface area contributed by atoms with E-state index in [0.29, 0.717) is 28.7 Å². The Morgan fingerprint density at radius 1 is 1.03 bits per heavy atom. The van der Waals surface area contributed by atoms with Crippen LogP contribution >= 0.6 is 0 Å². The minimum absolute atomic E-state index is 0.193. The van der Waals surface area contributed by atoms with Crippen molar-refractivity contribution in [2.24, 2.45) is 0 Å². The van der Waals surface area contributed by atoms with Crippen LogP contribution in [0.2, 0.25) is 0 Å². The van der Waals surface area contributed by atoms with Crippen LogP contribution in [0.25, 0.3) is 22.8 Å². The van der Waals surface area contributed by atoms with E-state index >= 15 is 0 Å². The Morgan fingerprint density at radius 3 is 2.60 bits per heavy atom. The summed E-state index contributed by atoms with van der Waals surface area (Å²) in [5, 5.41) is 6.68. The lowest BCUT2D eigenvalue weighted by molar-refractivity contribution is -0.118. The minimum Gasteiger partial charge on any atom is -0.484 e. The van der Waals surface area contributed by atoms with Gasteiger partial charge in [-0.2, -0.15) is 4.98 Å². The number of carbonyl (C=O) groups excluding carboxylic acids is 1. The molecule has 0 saturated carbocycles. The Labute approximate surface area is 172 Å². The lowest BCUT2D eigenvalue weighted by Crippen LogP contribution is -2.20. The van der Waals surface area contributed by atoms with E-state index in [4.69, 9.17) is 9.26 Å². The number of halogens is 1. The number of nitrogens with zero attached hydrogens (tertiary/aromatic N) is 2. The second-order valence-corrected chi connectivity index (χ2v) is 6.66. The molecule has 7 heteroatoms. The molecule has 3 aromatic carbocycles. The summed E-state index contributed by atoms with van der Waals surface area (Å²) in [6.07, 6.45) is 0. The smallest absolute Gasteiger partial charge is 0.262 e. The summed E-state index contributed by atoms with van der Waals surface area (Å²) in [7, 11) is 0. The van der Waals surface area contributed by atoms with Crippen molar-refractivity contribution in [2.75, 3.05) is 11.9 Å². The van der Waals surface area contributed by atoms with Crippen LogP contribution in [0.1, 0.15) is 5.56 Å². The van der Waals surface area contributed by atoms with Crippen molar-refractivity contribution in [1.29, 1.82) is 0 Å². The molecular formula is C23H18FN3O3. The standard InChI is InChI=1S/C23H18FN3O3/c1-15-4-2-6-17(12-15)23-26-22(27-30-23)16-5-3-7-20(13-16)29-14-21(28)25-19-10-8-18(24)9-11-19/h2-13H,14H2,1H3,(H,25,28). The molecule has 0 saturated heterocycles. The van der Waals surface area contributed by atoms with Crippen LogP contribution in [-0.4, -0.2) is 22.7 Å². The van der Waals surface area contributed by atoms with E-state index in [-0.39, 0.29) is 18.3 Å². The van der Waals surface area contributed by atoms with Crippen LogP contribution in [0.15, 0.2) is 77.3 Å². The number of aromatic nitrogens is 2. The molecule has 150 valence electrons. The summed E-state index contributed by atoms with van der Waals surface area (Å²) < 4.78 is 23.9. The number of ether oxygens (including phenoxy) is 1. The molecule has 4 rings (SSSR count). The molecule has 6 nitrogen and oxygen atoms in total. The first-order valence-corrected chi connectivity index (χ1v) is 9.26. The Kier molecular flexibility index (Phi) is 5.52. The molecule has 0 fully saturated rings. The second-order valence-electron chi connectivity index (χ2n) is 6.66. The molecule has 0 aliphatic rings. The first-order chi connectivity index (χ1) is 14.6. The Hall–Kier alpha value is -4.00. The van der Waals surface area contributed by atoms with Gasteiger partial charge in [0, 0.05) is 16.8 Å². The third-order valence-corrected chi connectivity index (χ3v) is 4.28. The van der Waals surface area contributed by atoms with Crippen molar-refractivity contribution in [3.05, 3.63) is 84.2 Å². The topological polar surface area (TPSA) is 77.2 Å². The Bertz CT molecular complexity index is 1170. The molecule has 0 aliphatic heterocycles. The quantitative estimate of drug-likeness (QED) is 0.497. The van der Waals surface area contributed by atoms with Gasteiger partial charge in [0.25, 0.3) is 11.8 Å². The molecule has 1 heterocycles. The molecule has 0 atom stereocenters. The van der Waals surface area contributed by atoms with Gasteiger partial charge < -0.3 is 14.6 Å². The maximum absolute atomic E-state index is 12.9. The zero-order chi connectivity index (χ0) is 20.9. The van der Waals surface area contributed by atoms with Crippen LogP contribution in [0, 0.1) is 12.7 Å². The van der Waals surface area contributed by atoms with Gasteiger partial charge in [0.2, 0.25) is 5.82 Å². The zero-order valence-corrected chi connectivity index (χ0v) is 16.1. The highest BCUT2D eigenvalue weighted by molar-refractivity contribution is 5.91. The highest BCUT2D eigenvalue weighted by Gasteiger charge is 2.12. The van der Waals surface area contributed by atoms with Crippen molar-refractivity contribution in [2.45, 2.75) is 6.92 Å². The normalized spacial score (nSPS) is 10.6. The summed E-state index contributed by atoms with van der Waals surface area (Å²) in [6, 6.07) is 20.4. The number of anilines is 1. The van der Waals surface area contributed by atoms with E-state index in [1.54, 1.807) is 18.2 Å². The van der Waals surface area contributed by atoms with Crippen molar-refractivity contribution >= 4 is 11.6 Å². The zero-order valence-electron chi connectivity index (χ0n) is 16.1. The summed E-state index contributed by atoms with van der Waals surface area (Å²) in [4.78, 5) is 16.5. The third kappa shape index (κ3) is 4.70. The number of aryl methyl sites for hydroxylation is 1. The van der Waals surface area contributed by atoms with E-state index in [1.807, 2.05) is 37.3 Å². The van der Waals surface area contributed by atoms with Gasteiger partial charge in [-0.05, 0) is 55.5 Å². The maximum atomic E-state index is 12.9. The van der Waals surface area contributed by atoms with Gasteiger partial charge in [-0.25, -0.2) is 4.39 Å². The summed E-state index contributed by atoms with van der Waals surface area (Å²) in [6.45, 7) is 1.80. The first-order valence-electron chi connectivity index (χ1n) is 9.26. The summed E-state index contributed by atoms with van der Waals surface area (Å²) in [5.74, 6) is 0.622. The van der Waals surface area contributed by atoms with Gasteiger partial charge in [0.05, 0.1) is 0 Å². The van der Waals surface area contributed by atoms with E-state index in [0.717, 1.165) is 11.1 Å². The molecule has 4 aromatic rings. The third-order valence-electron chi connectivity index (χ3n) is 4.28. The van der Waals surface area contributed by atoms with Crippen LogP contribution in [0.3, 0.4) is 0 Å². The SMILES string of the molecule is Cc1cccc(-c2nc(-c3cccc(OCC(=O)Nc4ccc(F)cc4)c3)no2)c1. The lowest BCUT2D eigenvalue weighted by atomic mass is 10.1. The number of amides is 1. The van der Waals surface area contributed by atoms with E-state index < -0.39 is 0 Å². The van der Waals surface area contributed by atoms with Gasteiger partial charge in [-0.3, -0.25) is 4.79 Å². The lowest BCUT2D eigenvalue weighted by Gasteiger charge is -2.08. The van der Waals surface area contributed by atoms with Crippen molar-refractivity contribution in [3.8, 4) is 28.6 Å². The fourth-order valence-corrected chi connectivity index (χ4v) is 2.84. The fraction of sp³-hybridized carbons (Fsp3) is 0.0870. The van der Waals surface area contributed by atoms with Gasteiger partial charge in [-0.15, -0.1) is 0 Å². The summed E-state index contributed by atoms with van der Waals surface area (Å²) >= 11 is 0. The van der Waals surface area contributed by atoms with Crippen LogP contribution in [-0.2, 0) is 4.79 Å². The monoisotopic (exact) mass is 403 g/mol. The Morgan fingerprint density at radius 2 is 1.80 bits per heavy atom. The maximum Gasteiger partial charge on any atom is 0.262 e. The fourth-order valence-electron chi connectivity index (χ4n) is 2.84. The molecular weight excluding hydrogens is 385 g/mol. The number of hydrogen-bond donors (Lipinski definition) is 1. The molecule has 0 radical (unpaired) electrons. The molecule has 1 aromatic heterocycles. The van der Waals surface area contributed by atoms with Gasteiger partial charge in [0.1, 0.15) is 11.6 Å². The molecule has 1 amide bonds. The average molecular weight is 403 g/mol. The average Bonchev–Trinajstić information content (AvgIpc) is 3.25. The van der Waals surface area contributed by atoms with E-state index in [2.05, 4.69) is 15.5 Å². The Balaban J connectivity index is 1.41. The molecule has 1 N–H and O–H groups in total. The molecule has 30 heavy (non-hydrogen) atoms. The highest BCUT2D eigenvalue weighted by Crippen LogP contribution is 2.25. The highest BCUT2D eigenvalue weighted by atomic mass is 19.1. The van der Waals surface area contributed by atoms with E-state index in [1.165, 1.54) is 24.3 Å². The minimum atomic E-state index is -0.368. The van der Waals surface area contributed by atoms with Crippen molar-refractivity contribution < 1.29 is 18.4 Å². The van der Waals surface area contributed by atoms with E-state index in [9.17, 15) is 9.18 Å². The number of hydrogen-bond acceptors (Lipinski definition) is 5. The number of carbonyl (C=O) groups is 1. The van der Waals surface area contributed by atoms with Gasteiger partial charge >= 0.3 is 0 Å². The number of nitrogens with one attached hydrogen (secondary N) is 1. The van der Waals surface area contributed by atoms with Gasteiger partial charge in [0.15, 0.2) is 6.61 Å². The number of rotatable bonds is 6.